The highest BCUT2D eigenvalue weighted by atomic mass is 35.5. The number of thiophene rings is 1. The number of nitrogens with one attached hydrogen (secondary N) is 1. The predicted octanol–water partition coefficient (Wildman–Crippen LogP) is 3.32. The van der Waals surface area contributed by atoms with Gasteiger partial charge in [0.2, 0.25) is 5.91 Å². The Balaban J connectivity index is 0.00000156. The SMILES string of the molecule is Cl.O=C(CCCc1csc2ccccc12)N1C[C@H]2CNC[C@H]2C1. The monoisotopic (exact) mass is 350 g/mol. The van der Waals surface area contributed by atoms with Gasteiger partial charge in [0.25, 0.3) is 0 Å². The molecule has 0 radical (unpaired) electrons. The van der Waals surface area contributed by atoms with Crippen LogP contribution in [0.5, 0.6) is 0 Å². The van der Waals surface area contributed by atoms with Crippen molar-refractivity contribution >= 4 is 39.7 Å². The highest BCUT2D eigenvalue weighted by Gasteiger charge is 2.37. The highest BCUT2D eigenvalue weighted by Crippen LogP contribution is 2.28. The van der Waals surface area contributed by atoms with Crippen LogP contribution in [0.25, 0.3) is 10.1 Å². The van der Waals surface area contributed by atoms with Gasteiger partial charge in [-0.2, -0.15) is 0 Å². The lowest BCUT2D eigenvalue weighted by Crippen LogP contribution is -2.31. The summed E-state index contributed by atoms with van der Waals surface area (Å²) in [7, 11) is 0. The number of benzene rings is 1. The van der Waals surface area contributed by atoms with Crippen LogP contribution in [0.4, 0.5) is 0 Å². The molecular weight excluding hydrogens is 328 g/mol. The van der Waals surface area contributed by atoms with E-state index in [0.29, 0.717) is 24.2 Å². The van der Waals surface area contributed by atoms with Gasteiger partial charge in [-0.3, -0.25) is 4.79 Å². The summed E-state index contributed by atoms with van der Waals surface area (Å²) in [5.41, 5.74) is 1.40. The van der Waals surface area contributed by atoms with Crippen LogP contribution in [-0.2, 0) is 11.2 Å². The van der Waals surface area contributed by atoms with Crippen LogP contribution in [0.3, 0.4) is 0 Å². The van der Waals surface area contributed by atoms with E-state index in [1.165, 1.54) is 15.6 Å². The van der Waals surface area contributed by atoms with Crippen LogP contribution in [-0.4, -0.2) is 37.0 Å². The molecule has 1 aromatic heterocycles. The number of aryl methyl sites for hydroxylation is 1. The zero-order valence-electron chi connectivity index (χ0n) is 13.2. The number of fused-ring (bicyclic) bond motifs is 2. The van der Waals surface area contributed by atoms with E-state index in [4.69, 9.17) is 0 Å². The predicted molar refractivity (Wildman–Crippen MR) is 98.4 cm³/mol. The quantitative estimate of drug-likeness (QED) is 0.917. The molecule has 2 aliphatic heterocycles. The van der Waals surface area contributed by atoms with Gasteiger partial charge in [-0.05, 0) is 47.1 Å². The first kappa shape index (κ1) is 16.7. The molecule has 0 aliphatic carbocycles. The van der Waals surface area contributed by atoms with Crippen LogP contribution in [0.15, 0.2) is 29.6 Å². The van der Waals surface area contributed by atoms with Gasteiger partial charge < -0.3 is 10.2 Å². The Kier molecular flexibility index (Phi) is 5.24. The number of hydrogen-bond acceptors (Lipinski definition) is 3. The molecule has 1 aromatic carbocycles. The fourth-order valence-electron chi connectivity index (χ4n) is 3.87. The number of hydrogen-bond donors (Lipinski definition) is 1. The third-order valence-electron chi connectivity index (χ3n) is 5.14. The molecule has 1 amide bonds. The number of halogens is 1. The Morgan fingerprint density at radius 1 is 1.22 bits per heavy atom. The molecule has 4 rings (SSSR count). The van der Waals surface area contributed by atoms with Crippen molar-refractivity contribution < 1.29 is 4.79 Å². The lowest BCUT2D eigenvalue weighted by molar-refractivity contribution is -0.130. The number of amides is 1. The van der Waals surface area contributed by atoms with Gasteiger partial charge >= 0.3 is 0 Å². The van der Waals surface area contributed by atoms with E-state index in [2.05, 4.69) is 39.9 Å². The van der Waals surface area contributed by atoms with Crippen LogP contribution in [0, 0.1) is 11.8 Å². The topological polar surface area (TPSA) is 32.3 Å². The van der Waals surface area contributed by atoms with Gasteiger partial charge in [-0.1, -0.05) is 18.2 Å². The van der Waals surface area contributed by atoms with E-state index in [1.807, 2.05) is 0 Å². The van der Waals surface area contributed by atoms with Crippen LogP contribution >= 0.6 is 23.7 Å². The molecular formula is C18H23ClN2OS. The summed E-state index contributed by atoms with van der Waals surface area (Å²) in [6, 6.07) is 8.55. The van der Waals surface area contributed by atoms with Crippen molar-refractivity contribution in [3.05, 3.63) is 35.2 Å². The second kappa shape index (κ2) is 7.20. The van der Waals surface area contributed by atoms with Crippen LogP contribution in [0.1, 0.15) is 18.4 Å². The maximum absolute atomic E-state index is 12.4. The second-order valence-corrected chi connectivity index (χ2v) is 7.50. The smallest absolute Gasteiger partial charge is 0.222 e. The molecule has 2 aliphatic rings. The second-order valence-electron chi connectivity index (χ2n) is 6.59. The Hall–Kier alpha value is -1.10. The van der Waals surface area contributed by atoms with Gasteiger partial charge in [0.05, 0.1) is 0 Å². The molecule has 2 fully saturated rings. The Bertz CT molecular complexity index is 674. The maximum Gasteiger partial charge on any atom is 0.222 e. The number of nitrogens with zero attached hydrogens (tertiary/aromatic N) is 1. The lowest BCUT2D eigenvalue weighted by Gasteiger charge is -2.17. The number of carbonyl (C=O) groups excluding carboxylic acids is 1. The average molecular weight is 351 g/mol. The van der Waals surface area contributed by atoms with Gasteiger partial charge in [0, 0.05) is 37.3 Å². The van der Waals surface area contributed by atoms with E-state index in [1.54, 1.807) is 11.3 Å². The molecule has 2 atom stereocenters. The minimum Gasteiger partial charge on any atom is -0.342 e. The number of carbonyl (C=O) groups is 1. The standard InChI is InChI=1S/C18H22N2OS.ClH/c21-18(20-10-14-8-19-9-15(14)11-20)7-3-4-13-12-22-17-6-2-1-5-16(13)17;/h1-2,5-6,12,14-15,19H,3-4,7-11H2;1H/t14-,15+;. The van der Waals surface area contributed by atoms with Crippen molar-refractivity contribution in [3.8, 4) is 0 Å². The lowest BCUT2D eigenvalue weighted by atomic mass is 10.0. The zero-order chi connectivity index (χ0) is 14.9. The third-order valence-corrected chi connectivity index (χ3v) is 6.15. The summed E-state index contributed by atoms with van der Waals surface area (Å²) in [4.78, 5) is 14.5. The van der Waals surface area contributed by atoms with Crippen molar-refractivity contribution in [1.82, 2.24) is 10.2 Å². The van der Waals surface area contributed by atoms with E-state index < -0.39 is 0 Å². The molecule has 0 unspecified atom stereocenters. The first-order valence-electron chi connectivity index (χ1n) is 8.25. The third kappa shape index (κ3) is 3.39. The highest BCUT2D eigenvalue weighted by molar-refractivity contribution is 7.17. The molecule has 5 heteroatoms. The van der Waals surface area contributed by atoms with E-state index >= 15 is 0 Å². The van der Waals surface area contributed by atoms with E-state index in [0.717, 1.165) is 39.0 Å². The molecule has 0 saturated carbocycles. The normalized spacial score (nSPS) is 23.0. The average Bonchev–Trinajstić information content (AvgIpc) is 3.21. The van der Waals surface area contributed by atoms with Crippen LogP contribution in [0.2, 0.25) is 0 Å². The first-order chi connectivity index (χ1) is 10.8. The molecule has 3 heterocycles. The molecule has 23 heavy (non-hydrogen) atoms. The molecule has 2 aromatic rings. The Morgan fingerprint density at radius 3 is 2.74 bits per heavy atom. The van der Waals surface area contributed by atoms with Gasteiger partial charge in [-0.15, -0.1) is 23.7 Å². The fourth-order valence-corrected chi connectivity index (χ4v) is 4.87. The molecule has 2 saturated heterocycles. The minimum atomic E-state index is 0. The summed E-state index contributed by atoms with van der Waals surface area (Å²) in [5, 5.41) is 7.04. The first-order valence-corrected chi connectivity index (χ1v) is 9.13. The van der Waals surface area contributed by atoms with E-state index in [9.17, 15) is 4.79 Å². The molecule has 3 nitrogen and oxygen atoms in total. The van der Waals surface area contributed by atoms with Crippen molar-refractivity contribution in [2.24, 2.45) is 11.8 Å². The minimum absolute atomic E-state index is 0. The van der Waals surface area contributed by atoms with Gasteiger partial charge in [0.15, 0.2) is 0 Å². The molecule has 1 N–H and O–H groups in total. The number of rotatable bonds is 4. The summed E-state index contributed by atoms with van der Waals surface area (Å²) < 4.78 is 1.35. The zero-order valence-corrected chi connectivity index (χ0v) is 14.8. The summed E-state index contributed by atoms with van der Waals surface area (Å²) in [5.74, 6) is 1.75. The van der Waals surface area contributed by atoms with Gasteiger partial charge in [0.1, 0.15) is 0 Å². The largest absolute Gasteiger partial charge is 0.342 e. The van der Waals surface area contributed by atoms with Crippen LogP contribution < -0.4 is 5.32 Å². The van der Waals surface area contributed by atoms with Crippen molar-refractivity contribution in [2.75, 3.05) is 26.2 Å². The van der Waals surface area contributed by atoms with Crippen molar-refractivity contribution in [2.45, 2.75) is 19.3 Å². The van der Waals surface area contributed by atoms with Crippen molar-refractivity contribution in [1.29, 1.82) is 0 Å². The van der Waals surface area contributed by atoms with Gasteiger partial charge in [-0.25, -0.2) is 0 Å². The summed E-state index contributed by atoms with van der Waals surface area (Å²) in [6.45, 7) is 4.13. The van der Waals surface area contributed by atoms with E-state index in [-0.39, 0.29) is 12.4 Å². The maximum atomic E-state index is 12.4. The summed E-state index contributed by atoms with van der Waals surface area (Å²) in [6.07, 6.45) is 2.67. The molecule has 0 bridgehead atoms. The fraction of sp³-hybridized carbons (Fsp3) is 0.500. The number of likely N-dealkylation sites (tertiary alicyclic amines) is 1. The Morgan fingerprint density at radius 2 is 1.96 bits per heavy atom. The molecule has 124 valence electrons. The Labute approximate surface area is 147 Å². The molecule has 0 spiro atoms. The van der Waals surface area contributed by atoms with Crippen molar-refractivity contribution in [3.63, 3.8) is 0 Å². The summed E-state index contributed by atoms with van der Waals surface area (Å²) >= 11 is 1.81.